The van der Waals surface area contributed by atoms with Crippen LogP contribution < -0.4 is 0 Å². The molecule has 0 bridgehead atoms. The largest absolute Gasteiger partial charge is 0.673 e. The molecule has 0 aliphatic carbocycles. The van der Waals surface area contributed by atoms with Gasteiger partial charge in [0.15, 0.2) is 0 Å². The normalized spacial score (nSPS) is 16.6. The number of hydrogen-bond acceptors (Lipinski definition) is 2. The fourth-order valence-corrected chi connectivity index (χ4v) is 0.871. The molecule has 0 unspecified atom stereocenters. The lowest BCUT2D eigenvalue weighted by atomic mass is 10.3. The van der Waals surface area contributed by atoms with Gasteiger partial charge in [-0.05, 0) is 13.5 Å². The van der Waals surface area contributed by atoms with Crippen LogP contribution in [0.4, 0.5) is 51.8 Å². The van der Waals surface area contributed by atoms with Gasteiger partial charge in [0, 0.05) is 19.7 Å². The Morgan fingerprint density at radius 1 is 0.609 bits per heavy atom. The van der Waals surface area contributed by atoms with Crippen LogP contribution in [0.15, 0.2) is 0 Å². The molecular weight excluding hydrogens is 362 g/mol. The third kappa shape index (κ3) is 115. The smallest absolute Gasteiger partial charge is 0.418 e. The van der Waals surface area contributed by atoms with Crippen LogP contribution in [-0.2, 0) is 4.74 Å². The van der Waals surface area contributed by atoms with Crippen LogP contribution in [0.25, 0.3) is 0 Å². The van der Waals surface area contributed by atoms with Crippen molar-refractivity contribution in [2.75, 3.05) is 33.4 Å². The summed E-state index contributed by atoms with van der Waals surface area (Å²) in [7, 11) is -15.9. The number of nitrogens with zero attached hydrogens (tertiary/aromatic N) is 1. The molecule has 17 heteroatoms. The monoisotopic (exact) mass is 376 g/mol. The predicted octanol–water partition coefficient (Wildman–Crippen LogP) is 4.24. The molecule has 1 aliphatic rings. The molecule has 23 heavy (non-hydrogen) atoms. The van der Waals surface area contributed by atoms with E-state index in [1.54, 1.807) is 0 Å². The number of likely N-dealkylation sites (N-methyl/N-ethyl adjacent to an activating group) is 1. The number of halogens is 12. The van der Waals surface area contributed by atoms with Gasteiger partial charge in [-0.1, -0.05) is 0 Å². The number of rotatable bonds is 0. The Morgan fingerprint density at radius 3 is 1.22 bits per heavy atom. The van der Waals surface area contributed by atoms with E-state index in [1.807, 2.05) is 0 Å². The topological polar surface area (TPSA) is 12.5 Å². The summed E-state index contributed by atoms with van der Waals surface area (Å²) in [6.45, 7) is 4.15. The Labute approximate surface area is 124 Å². The minimum Gasteiger partial charge on any atom is -0.418 e. The molecule has 1 saturated heterocycles. The third-order valence-electron chi connectivity index (χ3n) is 1.45. The highest BCUT2D eigenvalue weighted by Crippen LogP contribution is 2.07. The van der Waals surface area contributed by atoms with Crippen LogP contribution in [-0.4, -0.2) is 60.0 Å². The van der Waals surface area contributed by atoms with E-state index in [4.69, 9.17) is 4.74 Å². The summed E-state index contributed by atoms with van der Waals surface area (Å²) in [4.78, 5) is 2.30. The van der Waals surface area contributed by atoms with Crippen LogP contribution in [0.5, 0.6) is 0 Å². The summed E-state index contributed by atoms with van der Waals surface area (Å²) in [5.41, 5.74) is 0. The van der Waals surface area contributed by atoms with Gasteiger partial charge in [-0.3, -0.25) is 0 Å². The Morgan fingerprint density at radius 2 is 0.913 bits per heavy atom. The van der Waals surface area contributed by atoms with Crippen LogP contribution in [0.1, 0.15) is 6.42 Å². The summed E-state index contributed by atoms with van der Waals surface area (Å²) < 4.78 is 122. The Balaban J connectivity index is -0.000000240. The standard InChI is InChI=1S/C6H13NO.3BF4/c1-7-3-2-5-8-6-4-7;3*2-1(3,4)5/h2-6H2,1H3;;;/q;3*-1. The molecule has 0 saturated carbocycles. The van der Waals surface area contributed by atoms with Crippen LogP contribution in [0.3, 0.4) is 0 Å². The van der Waals surface area contributed by atoms with E-state index in [2.05, 4.69) is 11.9 Å². The summed E-state index contributed by atoms with van der Waals surface area (Å²) in [6, 6.07) is 0. The second-order valence-electron chi connectivity index (χ2n) is 3.75. The first-order valence-corrected chi connectivity index (χ1v) is 5.78. The van der Waals surface area contributed by atoms with E-state index in [-0.39, 0.29) is 0 Å². The van der Waals surface area contributed by atoms with Crippen molar-refractivity contribution in [3.05, 3.63) is 0 Å². The second-order valence-corrected chi connectivity index (χ2v) is 3.75. The summed E-state index contributed by atoms with van der Waals surface area (Å²) in [5, 5.41) is 0. The second kappa shape index (κ2) is 12.7. The molecule has 0 aromatic rings. The lowest BCUT2D eigenvalue weighted by molar-refractivity contribution is 0.144. The highest BCUT2D eigenvalue weighted by atomic mass is 19.5. The first-order chi connectivity index (χ1) is 9.89. The molecule has 0 aromatic heterocycles. The maximum Gasteiger partial charge on any atom is 0.673 e. The fraction of sp³-hybridized carbons (Fsp3) is 1.00. The van der Waals surface area contributed by atoms with Crippen molar-refractivity contribution in [3.8, 4) is 0 Å². The minimum absolute atomic E-state index is 0.913. The maximum atomic E-state index is 9.75. The van der Waals surface area contributed by atoms with E-state index < -0.39 is 21.8 Å². The quantitative estimate of drug-likeness (QED) is 0.464. The van der Waals surface area contributed by atoms with Crippen molar-refractivity contribution in [3.63, 3.8) is 0 Å². The Kier molecular flexibility index (Phi) is 14.9. The zero-order valence-electron chi connectivity index (χ0n) is 11.7. The lowest BCUT2D eigenvalue weighted by Gasteiger charge is -2.09. The van der Waals surface area contributed by atoms with Crippen molar-refractivity contribution in [2.24, 2.45) is 0 Å². The highest BCUT2D eigenvalue weighted by Gasteiger charge is 2.21. The molecule has 0 aromatic carbocycles. The molecule has 2 nitrogen and oxygen atoms in total. The van der Waals surface area contributed by atoms with Gasteiger partial charge in [0.1, 0.15) is 0 Å². The summed E-state index contributed by atoms with van der Waals surface area (Å²) in [6.07, 6.45) is 1.19. The summed E-state index contributed by atoms with van der Waals surface area (Å²) >= 11 is 0. The lowest BCUT2D eigenvalue weighted by Crippen LogP contribution is -2.20. The molecule has 0 radical (unpaired) electrons. The molecule has 0 N–H and O–H groups in total. The van der Waals surface area contributed by atoms with Gasteiger partial charge in [-0.25, -0.2) is 0 Å². The van der Waals surface area contributed by atoms with E-state index in [1.165, 1.54) is 13.0 Å². The molecular formula is C6H13B3F12NO-3. The van der Waals surface area contributed by atoms with Crippen molar-refractivity contribution in [1.82, 2.24) is 4.90 Å². The van der Waals surface area contributed by atoms with Gasteiger partial charge >= 0.3 is 21.8 Å². The predicted molar refractivity (Wildman–Crippen MR) is 63.5 cm³/mol. The minimum atomic E-state index is -6.00. The Hall–Kier alpha value is -0.725. The van der Waals surface area contributed by atoms with Crippen LogP contribution in [0, 0.1) is 0 Å². The van der Waals surface area contributed by atoms with E-state index in [0.29, 0.717) is 0 Å². The average Bonchev–Trinajstić information content (AvgIpc) is 2.37. The maximum absolute atomic E-state index is 9.75. The molecule has 0 amide bonds. The average molecular weight is 376 g/mol. The number of hydrogen-bond donors (Lipinski definition) is 0. The first kappa shape index (κ1) is 27.1. The van der Waals surface area contributed by atoms with Gasteiger partial charge in [0.25, 0.3) is 0 Å². The molecule has 1 aliphatic heterocycles. The number of ether oxygens (including phenoxy) is 1. The summed E-state index contributed by atoms with van der Waals surface area (Å²) in [5.74, 6) is 0. The van der Waals surface area contributed by atoms with Gasteiger partial charge in [0.2, 0.25) is 0 Å². The molecule has 1 heterocycles. The molecule has 0 spiro atoms. The van der Waals surface area contributed by atoms with E-state index in [9.17, 15) is 51.8 Å². The highest BCUT2D eigenvalue weighted by molar-refractivity contribution is 6.50. The van der Waals surface area contributed by atoms with Crippen molar-refractivity contribution < 1.29 is 56.5 Å². The van der Waals surface area contributed by atoms with Gasteiger partial charge in [-0.15, -0.1) is 0 Å². The van der Waals surface area contributed by atoms with Gasteiger partial charge in [0.05, 0.1) is 6.61 Å². The van der Waals surface area contributed by atoms with Gasteiger partial charge in [-0.2, -0.15) is 0 Å². The molecule has 1 rings (SSSR count). The molecule has 144 valence electrons. The first-order valence-electron chi connectivity index (χ1n) is 5.78. The van der Waals surface area contributed by atoms with Crippen LogP contribution >= 0.6 is 0 Å². The zero-order chi connectivity index (χ0) is 19.3. The van der Waals surface area contributed by atoms with Crippen LogP contribution in [0.2, 0.25) is 0 Å². The van der Waals surface area contributed by atoms with Crippen molar-refractivity contribution >= 4 is 21.8 Å². The SMILES string of the molecule is CN1CCCOCC1.F[B-](F)(F)F.F[B-](F)(F)F.F[B-](F)(F)F. The van der Waals surface area contributed by atoms with Gasteiger partial charge < -0.3 is 61.4 Å². The van der Waals surface area contributed by atoms with E-state index in [0.717, 1.165) is 19.8 Å². The molecule has 1 fully saturated rings. The van der Waals surface area contributed by atoms with Crippen molar-refractivity contribution in [2.45, 2.75) is 6.42 Å². The Bertz CT molecular complexity index is 214. The zero-order valence-corrected chi connectivity index (χ0v) is 11.7. The molecule has 0 atom stereocenters. The van der Waals surface area contributed by atoms with E-state index >= 15 is 0 Å². The van der Waals surface area contributed by atoms with Crippen molar-refractivity contribution in [1.29, 1.82) is 0 Å². The third-order valence-corrected chi connectivity index (χ3v) is 1.45. The fourth-order valence-electron chi connectivity index (χ4n) is 0.871.